The van der Waals surface area contributed by atoms with E-state index in [4.69, 9.17) is 4.74 Å². The highest BCUT2D eigenvalue weighted by Gasteiger charge is 2.20. The first kappa shape index (κ1) is 15.4. The molecule has 0 spiro atoms. The van der Waals surface area contributed by atoms with Crippen molar-refractivity contribution in [2.45, 2.75) is 52.7 Å². The molecule has 0 fully saturated rings. The fourth-order valence-electron chi connectivity index (χ4n) is 1.33. The van der Waals surface area contributed by atoms with Crippen molar-refractivity contribution < 1.29 is 9.53 Å². The number of hydrogen-bond donors (Lipinski definition) is 2. The standard InChI is InChI=1S/C12H26N2O2/c1-6-8-13-11(15)10(3)14-9-12(4,5)16-7-2/h10,14H,6-9H2,1-5H3,(H,13,15). The molecule has 4 heteroatoms. The van der Waals surface area contributed by atoms with Gasteiger partial charge in [-0.1, -0.05) is 6.92 Å². The number of carbonyl (C=O) groups is 1. The van der Waals surface area contributed by atoms with E-state index in [1.54, 1.807) is 0 Å². The van der Waals surface area contributed by atoms with E-state index in [9.17, 15) is 4.79 Å². The average molecular weight is 230 g/mol. The van der Waals surface area contributed by atoms with E-state index in [2.05, 4.69) is 10.6 Å². The third-order valence-corrected chi connectivity index (χ3v) is 2.31. The molecular weight excluding hydrogens is 204 g/mol. The van der Waals surface area contributed by atoms with Gasteiger partial charge in [0, 0.05) is 19.7 Å². The van der Waals surface area contributed by atoms with Crippen molar-refractivity contribution in [1.82, 2.24) is 10.6 Å². The fraction of sp³-hybridized carbons (Fsp3) is 0.917. The van der Waals surface area contributed by atoms with Crippen LogP contribution in [0.25, 0.3) is 0 Å². The predicted octanol–water partition coefficient (Wildman–Crippen LogP) is 1.31. The monoisotopic (exact) mass is 230 g/mol. The smallest absolute Gasteiger partial charge is 0.236 e. The lowest BCUT2D eigenvalue weighted by atomic mass is 10.1. The molecule has 0 aliphatic rings. The molecule has 16 heavy (non-hydrogen) atoms. The number of ether oxygens (including phenoxy) is 1. The summed E-state index contributed by atoms with van der Waals surface area (Å²) < 4.78 is 5.55. The molecule has 96 valence electrons. The van der Waals surface area contributed by atoms with Crippen LogP contribution in [0.4, 0.5) is 0 Å². The highest BCUT2D eigenvalue weighted by atomic mass is 16.5. The van der Waals surface area contributed by atoms with Crippen molar-refractivity contribution in [2.24, 2.45) is 0 Å². The number of amides is 1. The Morgan fingerprint density at radius 1 is 1.38 bits per heavy atom. The molecule has 1 amide bonds. The second-order valence-corrected chi connectivity index (χ2v) is 4.59. The Balaban J connectivity index is 3.87. The number of hydrogen-bond acceptors (Lipinski definition) is 3. The SMILES string of the molecule is CCCNC(=O)C(C)NCC(C)(C)OCC. The molecule has 0 saturated heterocycles. The van der Waals surface area contributed by atoms with Gasteiger partial charge in [0.25, 0.3) is 0 Å². The molecule has 1 atom stereocenters. The Bertz CT molecular complexity index is 205. The van der Waals surface area contributed by atoms with Gasteiger partial charge in [-0.25, -0.2) is 0 Å². The van der Waals surface area contributed by atoms with Gasteiger partial charge in [-0.3, -0.25) is 4.79 Å². The second-order valence-electron chi connectivity index (χ2n) is 4.59. The van der Waals surface area contributed by atoms with Crippen LogP contribution >= 0.6 is 0 Å². The van der Waals surface area contributed by atoms with Gasteiger partial charge < -0.3 is 15.4 Å². The third kappa shape index (κ3) is 6.80. The first-order valence-electron chi connectivity index (χ1n) is 6.08. The summed E-state index contributed by atoms with van der Waals surface area (Å²) in [4.78, 5) is 11.6. The zero-order valence-corrected chi connectivity index (χ0v) is 11.2. The van der Waals surface area contributed by atoms with Crippen molar-refractivity contribution in [3.05, 3.63) is 0 Å². The Morgan fingerprint density at radius 2 is 2.00 bits per heavy atom. The lowest BCUT2D eigenvalue weighted by Crippen LogP contribution is -2.48. The summed E-state index contributed by atoms with van der Waals surface area (Å²) in [5.41, 5.74) is -0.228. The van der Waals surface area contributed by atoms with Crippen molar-refractivity contribution >= 4 is 5.91 Å². The largest absolute Gasteiger partial charge is 0.375 e. The molecule has 4 nitrogen and oxygen atoms in total. The van der Waals surface area contributed by atoms with Gasteiger partial charge >= 0.3 is 0 Å². The molecule has 0 aliphatic carbocycles. The highest BCUT2D eigenvalue weighted by molar-refractivity contribution is 5.81. The maximum atomic E-state index is 11.6. The molecule has 0 radical (unpaired) electrons. The molecule has 0 bridgehead atoms. The molecule has 0 saturated carbocycles. The minimum absolute atomic E-state index is 0.0501. The Hall–Kier alpha value is -0.610. The minimum atomic E-state index is -0.228. The summed E-state index contributed by atoms with van der Waals surface area (Å²) in [5.74, 6) is 0.0501. The molecule has 0 heterocycles. The molecule has 1 unspecified atom stereocenters. The van der Waals surface area contributed by atoms with Crippen LogP contribution in [0.15, 0.2) is 0 Å². The van der Waals surface area contributed by atoms with Crippen molar-refractivity contribution in [3.8, 4) is 0 Å². The summed E-state index contributed by atoms with van der Waals surface area (Å²) in [6.45, 7) is 12.0. The highest BCUT2D eigenvalue weighted by Crippen LogP contribution is 2.07. The summed E-state index contributed by atoms with van der Waals surface area (Å²) in [7, 11) is 0. The van der Waals surface area contributed by atoms with Gasteiger partial charge in [0.15, 0.2) is 0 Å². The first-order chi connectivity index (χ1) is 7.43. The lowest BCUT2D eigenvalue weighted by molar-refractivity contribution is -0.123. The normalized spacial score (nSPS) is 13.6. The van der Waals surface area contributed by atoms with Gasteiger partial charge in [-0.15, -0.1) is 0 Å². The van der Waals surface area contributed by atoms with Crippen LogP contribution in [0.3, 0.4) is 0 Å². The molecule has 0 rings (SSSR count). The van der Waals surface area contributed by atoms with E-state index >= 15 is 0 Å². The van der Waals surface area contributed by atoms with E-state index < -0.39 is 0 Å². The van der Waals surface area contributed by atoms with E-state index in [1.807, 2.05) is 34.6 Å². The van der Waals surface area contributed by atoms with Gasteiger partial charge in [0.05, 0.1) is 11.6 Å². The van der Waals surface area contributed by atoms with E-state index in [0.717, 1.165) is 13.0 Å². The van der Waals surface area contributed by atoms with Crippen LogP contribution in [-0.2, 0) is 9.53 Å². The molecule has 2 N–H and O–H groups in total. The maximum Gasteiger partial charge on any atom is 0.236 e. The summed E-state index contributed by atoms with van der Waals surface area (Å²) in [5, 5.41) is 6.04. The first-order valence-corrected chi connectivity index (χ1v) is 6.08. The van der Waals surface area contributed by atoms with Gasteiger partial charge in [-0.2, -0.15) is 0 Å². The van der Waals surface area contributed by atoms with Crippen molar-refractivity contribution in [2.75, 3.05) is 19.7 Å². The summed E-state index contributed by atoms with van der Waals surface area (Å²) >= 11 is 0. The molecule has 0 aromatic carbocycles. The Labute approximate surface area is 99.1 Å². The molecule has 0 aromatic heterocycles. The number of nitrogens with one attached hydrogen (secondary N) is 2. The minimum Gasteiger partial charge on any atom is -0.375 e. The zero-order valence-electron chi connectivity index (χ0n) is 11.2. The van der Waals surface area contributed by atoms with Crippen LogP contribution in [0, 0.1) is 0 Å². The van der Waals surface area contributed by atoms with Crippen LogP contribution in [-0.4, -0.2) is 37.2 Å². The molecular formula is C12H26N2O2. The van der Waals surface area contributed by atoms with Gasteiger partial charge in [-0.05, 0) is 34.1 Å². The maximum absolute atomic E-state index is 11.6. The number of rotatable bonds is 8. The topological polar surface area (TPSA) is 50.4 Å². The summed E-state index contributed by atoms with van der Waals surface area (Å²) in [6.07, 6.45) is 0.961. The van der Waals surface area contributed by atoms with Crippen LogP contribution in [0.2, 0.25) is 0 Å². The quantitative estimate of drug-likeness (QED) is 0.661. The second kappa shape index (κ2) is 7.63. The average Bonchev–Trinajstić information content (AvgIpc) is 2.22. The van der Waals surface area contributed by atoms with Gasteiger partial charge in [0.2, 0.25) is 5.91 Å². The van der Waals surface area contributed by atoms with E-state index in [1.165, 1.54) is 0 Å². The van der Waals surface area contributed by atoms with Crippen LogP contribution in [0.5, 0.6) is 0 Å². The zero-order chi connectivity index (χ0) is 12.6. The number of carbonyl (C=O) groups excluding carboxylic acids is 1. The van der Waals surface area contributed by atoms with Crippen molar-refractivity contribution in [1.29, 1.82) is 0 Å². The third-order valence-electron chi connectivity index (χ3n) is 2.31. The lowest BCUT2D eigenvalue weighted by Gasteiger charge is -2.26. The van der Waals surface area contributed by atoms with Crippen molar-refractivity contribution in [3.63, 3.8) is 0 Å². The fourth-order valence-corrected chi connectivity index (χ4v) is 1.33. The molecule has 0 aromatic rings. The Kier molecular flexibility index (Phi) is 7.34. The Morgan fingerprint density at radius 3 is 2.50 bits per heavy atom. The van der Waals surface area contributed by atoms with Gasteiger partial charge in [0.1, 0.15) is 0 Å². The molecule has 0 aliphatic heterocycles. The van der Waals surface area contributed by atoms with E-state index in [-0.39, 0.29) is 17.6 Å². The summed E-state index contributed by atoms with van der Waals surface area (Å²) in [6, 6.07) is -0.175. The van der Waals surface area contributed by atoms with Crippen LogP contribution in [0.1, 0.15) is 41.0 Å². The van der Waals surface area contributed by atoms with Crippen LogP contribution < -0.4 is 10.6 Å². The van der Waals surface area contributed by atoms with E-state index in [0.29, 0.717) is 13.2 Å². The predicted molar refractivity (Wildman–Crippen MR) is 66.5 cm³/mol.